The fourth-order valence-corrected chi connectivity index (χ4v) is 0.928. The molecule has 0 aliphatic rings. The molecule has 0 aromatic heterocycles. The van der Waals surface area contributed by atoms with Gasteiger partial charge in [-0.05, 0) is 20.8 Å². The van der Waals surface area contributed by atoms with E-state index in [1.165, 1.54) is 0 Å². The second-order valence-electron chi connectivity index (χ2n) is 3.76. The van der Waals surface area contributed by atoms with Crippen molar-refractivity contribution in [1.82, 2.24) is 0 Å². The van der Waals surface area contributed by atoms with Gasteiger partial charge < -0.3 is 9.84 Å². The quantitative estimate of drug-likeness (QED) is 0.507. The lowest BCUT2D eigenvalue weighted by Gasteiger charge is -2.22. The van der Waals surface area contributed by atoms with Gasteiger partial charge in [0.15, 0.2) is 0 Å². The summed E-state index contributed by atoms with van der Waals surface area (Å²) < 4.78 is 4.94. The molecule has 4 nitrogen and oxygen atoms in total. The van der Waals surface area contributed by atoms with Gasteiger partial charge in [0.1, 0.15) is 16.1 Å². The standard InChI is InChI=1S/C8H14O4S2/c1-8(2,3)12-7(11)5(14)4(13)6(9)10/h4-5,13-14H,1-3H3,(H,9,10). The molecule has 0 saturated heterocycles. The summed E-state index contributed by atoms with van der Waals surface area (Å²) in [5.74, 6) is -1.87. The van der Waals surface area contributed by atoms with E-state index >= 15 is 0 Å². The first-order valence-corrected chi connectivity index (χ1v) is 5.00. The molecule has 0 saturated carbocycles. The largest absolute Gasteiger partial charge is 0.480 e. The van der Waals surface area contributed by atoms with E-state index in [2.05, 4.69) is 25.3 Å². The van der Waals surface area contributed by atoms with Crippen molar-refractivity contribution in [3.8, 4) is 0 Å². The van der Waals surface area contributed by atoms with E-state index in [9.17, 15) is 9.59 Å². The molecule has 0 aliphatic carbocycles. The molecule has 6 heteroatoms. The number of hydrogen-bond donors (Lipinski definition) is 3. The third kappa shape index (κ3) is 4.76. The lowest BCUT2D eigenvalue weighted by atomic mass is 10.2. The fourth-order valence-electron chi connectivity index (χ4n) is 0.626. The Balaban J connectivity index is 4.33. The summed E-state index contributed by atoms with van der Waals surface area (Å²) in [7, 11) is 0. The predicted octanol–water partition coefficient (Wildman–Crippen LogP) is 1.01. The maximum atomic E-state index is 11.3. The Morgan fingerprint density at radius 1 is 1.21 bits per heavy atom. The van der Waals surface area contributed by atoms with Crippen LogP contribution >= 0.6 is 25.3 Å². The van der Waals surface area contributed by atoms with Crippen LogP contribution in [0.25, 0.3) is 0 Å². The highest BCUT2D eigenvalue weighted by Crippen LogP contribution is 2.16. The number of carboxylic acid groups (broad SMARTS) is 1. The maximum absolute atomic E-state index is 11.3. The van der Waals surface area contributed by atoms with E-state index < -0.39 is 28.0 Å². The summed E-state index contributed by atoms with van der Waals surface area (Å²) in [5, 5.41) is 6.35. The molecule has 82 valence electrons. The van der Waals surface area contributed by atoms with Crippen molar-refractivity contribution in [3.63, 3.8) is 0 Å². The summed E-state index contributed by atoms with van der Waals surface area (Å²) in [5.41, 5.74) is -0.649. The Kier molecular flexibility index (Phi) is 4.80. The molecule has 0 bridgehead atoms. The Bertz CT molecular complexity index is 234. The molecule has 1 N–H and O–H groups in total. The van der Waals surface area contributed by atoms with Crippen molar-refractivity contribution in [2.24, 2.45) is 0 Å². The van der Waals surface area contributed by atoms with E-state index in [0.717, 1.165) is 0 Å². The molecule has 0 amide bonds. The van der Waals surface area contributed by atoms with Gasteiger partial charge >= 0.3 is 11.9 Å². The van der Waals surface area contributed by atoms with E-state index in [1.807, 2.05) is 0 Å². The van der Waals surface area contributed by atoms with Crippen LogP contribution in [-0.2, 0) is 14.3 Å². The Labute approximate surface area is 93.8 Å². The molecular weight excluding hydrogens is 224 g/mol. The van der Waals surface area contributed by atoms with Gasteiger partial charge in [-0.1, -0.05) is 0 Å². The maximum Gasteiger partial charge on any atom is 0.321 e. The zero-order valence-corrected chi connectivity index (χ0v) is 10.0. The molecule has 0 aliphatic heterocycles. The third-order valence-corrected chi connectivity index (χ3v) is 2.46. The number of carbonyl (C=O) groups is 2. The average molecular weight is 238 g/mol. The van der Waals surface area contributed by atoms with Gasteiger partial charge in [0.25, 0.3) is 0 Å². The predicted molar refractivity (Wildman–Crippen MR) is 59.0 cm³/mol. The molecule has 0 fully saturated rings. The summed E-state index contributed by atoms with van der Waals surface area (Å²) in [6.45, 7) is 5.08. The highest BCUT2D eigenvalue weighted by Gasteiger charge is 2.31. The minimum absolute atomic E-state index is 0.649. The van der Waals surface area contributed by atoms with E-state index in [4.69, 9.17) is 9.84 Å². The van der Waals surface area contributed by atoms with Crippen LogP contribution in [0.2, 0.25) is 0 Å². The SMILES string of the molecule is CC(C)(C)OC(=O)C(S)C(S)C(=O)O. The first-order chi connectivity index (χ1) is 6.15. The summed E-state index contributed by atoms with van der Waals surface area (Å²) in [6.07, 6.45) is 0. The normalized spacial score (nSPS) is 15.8. The first kappa shape index (κ1) is 13.6. The van der Waals surface area contributed by atoms with Gasteiger partial charge in [0.05, 0.1) is 0 Å². The van der Waals surface area contributed by atoms with Gasteiger partial charge in [-0.3, -0.25) is 9.59 Å². The molecule has 0 aromatic rings. The average Bonchev–Trinajstić information content (AvgIpc) is 1.98. The van der Waals surface area contributed by atoms with Crippen LogP contribution in [0.1, 0.15) is 20.8 Å². The lowest BCUT2D eigenvalue weighted by molar-refractivity contribution is -0.155. The number of carboxylic acids is 1. The van der Waals surface area contributed by atoms with Crippen molar-refractivity contribution >= 4 is 37.2 Å². The Morgan fingerprint density at radius 2 is 1.64 bits per heavy atom. The first-order valence-electron chi connectivity index (χ1n) is 3.97. The summed E-state index contributed by atoms with van der Waals surface area (Å²) in [4.78, 5) is 21.8. The Hall–Kier alpha value is -0.360. The van der Waals surface area contributed by atoms with E-state index in [1.54, 1.807) is 20.8 Å². The second-order valence-corrected chi connectivity index (χ2v) is 4.87. The number of esters is 1. The topological polar surface area (TPSA) is 63.6 Å². The van der Waals surface area contributed by atoms with Crippen molar-refractivity contribution in [2.45, 2.75) is 36.9 Å². The fraction of sp³-hybridized carbons (Fsp3) is 0.750. The number of ether oxygens (including phenoxy) is 1. The number of rotatable bonds is 3. The van der Waals surface area contributed by atoms with Crippen molar-refractivity contribution in [1.29, 1.82) is 0 Å². The minimum atomic E-state index is -1.20. The van der Waals surface area contributed by atoms with Gasteiger partial charge in [-0.2, -0.15) is 25.3 Å². The van der Waals surface area contributed by atoms with Crippen LogP contribution < -0.4 is 0 Å². The van der Waals surface area contributed by atoms with Crippen molar-refractivity contribution in [2.75, 3.05) is 0 Å². The van der Waals surface area contributed by atoms with E-state index in [0.29, 0.717) is 0 Å². The van der Waals surface area contributed by atoms with Gasteiger partial charge in [0.2, 0.25) is 0 Å². The molecule has 2 atom stereocenters. The second kappa shape index (κ2) is 4.93. The minimum Gasteiger partial charge on any atom is -0.480 e. The third-order valence-electron chi connectivity index (χ3n) is 1.20. The van der Waals surface area contributed by atoms with E-state index in [-0.39, 0.29) is 0 Å². The molecular formula is C8H14O4S2. The monoisotopic (exact) mass is 238 g/mol. The van der Waals surface area contributed by atoms with Crippen LogP contribution in [0.3, 0.4) is 0 Å². The zero-order chi connectivity index (χ0) is 11.5. The summed E-state index contributed by atoms with van der Waals surface area (Å²) in [6, 6.07) is 0. The molecule has 0 radical (unpaired) electrons. The smallest absolute Gasteiger partial charge is 0.321 e. The molecule has 0 rings (SSSR count). The number of aliphatic carboxylic acids is 1. The van der Waals surface area contributed by atoms with Gasteiger partial charge in [-0.25, -0.2) is 0 Å². The van der Waals surface area contributed by atoms with Gasteiger partial charge in [-0.15, -0.1) is 0 Å². The number of thiol groups is 2. The molecule has 0 spiro atoms. The molecule has 0 aromatic carbocycles. The van der Waals surface area contributed by atoms with Crippen LogP contribution in [-0.4, -0.2) is 33.1 Å². The van der Waals surface area contributed by atoms with Crippen LogP contribution in [0, 0.1) is 0 Å². The van der Waals surface area contributed by atoms with Crippen molar-refractivity contribution < 1.29 is 19.4 Å². The lowest BCUT2D eigenvalue weighted by Crippen LogP contribution is -2.37. The highest BCUT2D eigenvalue weighted by molar-refractivity contribution is 7.86. The highest BCUT2D eigenvalue weighted by atomic mass is 32.1. The van der Waals surface area contributed by atoms with Crippen LogP contribution in [0.5, 0.6) is 0 Å². The molecule has 2 unspecified atom stereocenters. The number of hydrogen-bond acceptors (Lipinski definition) is 5. The number of carbonyl (C=O) groups excluding carboxylic acids is 1. The zero-order valence-electron chi connectivity index (χ0n) is 8.22. The van der Waals surface area contributed by atoms with Crippen LogP contribution in [0.4, 0.5) is 0 Å². The van der Waals surface area contributed by atoms with Gasteiger partial charge in [0, 0.05) is 0 Å². The van der Waals surface area contributed by atoms with Crippen LogP contribution in [0.15, 0.2) is 0 Å². The molecule has 0 heterocycles. The van der Waals surface area contributed by atoms with Crippen molar-refractivity contribution in [3.05, 3.63) is 0 Å². The summed E-state index contributed by atoms with van der Waals surface area (Å²) >= 11 is 7.57. The molecule has 14 heavy (non-hydrogen) atoms. The Morgan fingerprint density at radius 3 is 1.93 bits per heavy atom.